The number of nitrogens with zero attached hydrogens (tertiary/aromatic N) is 1. The predicted molar refractivity (Wildman–Crippen MR) is 132 cm³/mol. The number of carbonyl (C=O) groups excluding carboxylic acids is 3. The van der Waals surface area contributed by atoms with E-state index in [0.717, 1.165) is 25.7 Å². The molecule has 0 radical (unpaired) electrons. The number of amides is 3. The summed E-state index contributed by atoms with van der Waals surface area (Å²) in [5, 5.41) is 15.1. The third-order valence-corrected chi connectivity index (χ3v) is 8.12. The molecular weight excluding hydrogens is 446 g/mol. The SMILES string of the molecule is CC(C)NC(=O)C1N(CCCCCCO)C(=O)[C@@H]2[C@@H](C(=O)Nc3ccccc3)[C@]3(C)OC12CC3C. The van der Waals surface area contributed by atoms with Gasteiger partial charge in [-0.25, -0.2) is 0 Å². The lowest BCUT2D eigenvalue weighted by Gasteiger charge is -2.36. The molecule has 192 valence electrons. The molecule has 0 aliphatic carbocycles. The Morgan fingerprint density at radius 2 is 1.83 bits per heavy atom. The molecule has 6 atom stereocenters. The lowest BCUT2D eigenvalue weighted by molar-refractivity contribution is -0.146. The van der Waals surface area contributed by atoms with Gasteiger partial charge in [-0.15, -0.1) is 0 Å². The molecule has 3 unspecified atom stereocenters. The molecule has 8 nitrogen and oxygen atoms in total. The second-order valence-electron chi connectivity index (χ2n) is 10.9. The number of unbranched alkanes of at least 4 members (excludes halogenated alkanes) is 3. The number of fused-ring (bicyclic) bond motifs is 1. The van der Waals surface area contributed by atoms with Gasteiger partial charge in [0.05, 0.1) is 17.4 Å². The number of benzene rings is 1. The average molecular weight is 486 g/mol. The van der Waals surface area contributed by atoms with Gasteiger partial charge < -0.3 is 25.4 Å². The van der Waals surface area contributed by atoms with Crippen LogP contribution in [0.5, 0.6) is 0 Å². The summed E-state index contributed by atoms with van der Waals surface area (Å²) in [4.78, 5) is 42.8. The van der Waals surface area contributed by atoms with Crippen molar-refractivity contribution in [3.8, 4) is 0 Å². The first kappa shape index (κ1) is 25.6. The fraction of sp³-hybridized carbons (Fsp3) is 0.667. The maximum absolute atomic E-state index is 14.0. The van der Waals surface area contributed by atoms with E-state index in [1.54, 1.807) is 4.90 Å². The summed E-state index contributed by atoms with van der Waals surface area (Å²) in [5.41, 5.74) is -1.18. The standard InChI is InChI=1S/C27H39N3O5/c1-17(2)28-24(33)22-27-16-18(3)26(4,35-27)20(23(32)29-19-12-8-7-9-13-19)21(27)25(34)30(22)14-10-5-6-11-15-31/h7-9,12-13,17-18,20-22,31H,5-6,10-11,14-16H2,1-4H3,(H,28,33)(H,29,32)/t18?,20-,21-,22?,26+,27?/m0/s1. The van der Waals surface area contributed by atoms with Crippen LogP contribution in [0.25, 0.3) is 0 Å². The zero-order valence-electron chi connectivity index (χ0n) is 21.3. The van der Waals surface area contributed by atoms with Gasteiger partial charge in [0.25, 0.3) is 0 Å². The van der Waals surface area contributed by atoms with Crippen molar-refractivity contribution in [2.24, 2.45) is 17.8 Å². The van der Waals surface area contributed by atoms with Gasteiger partial charge in [-0.1, -0.05) is 38.0 Å². The van der Waals surface area contributed by atoms with Gasteiger partial charge >= 0.3 is 0 Å². The lowest BCUT2D eigenvalue weighted by Crippen LogP contribution is -2.56. The van der Waals surface area contributed by atoms with Gasteiger partial charge in [-0.2, -0.15) is 0 Å². The highest BCUT2D eigenvalue weighted by Crippen LogP contribution is 2.65. The van der Waals surface area contributed by atoms with Crippen LogP contribution >= 0.6 is 0 Å². The Morgan fingerprint density at radius 1 is 1.14 bits per heavy atom. The van der Waals surface area contributed by atoms with Crippen molar-refractivity contribution in [3.05, 3.63) is 30.3 Å². The van der Waals surface area contributed by atoms with E-state index >= 15 is 0 Å². The summed E-state index contributed by atoms with van der Waals surface area (Å²) in [5.74, 6) is -2.00. The number of rotatable bonds is 10. The highest BCUT2D eigenvalue weighted by atomic mass is 16.5. The number of hydrogen-bond donors (Lipinski definition) is 3. The quantitative estimate of drug-likeness (QED) is 0.442. The van der Waals surface area contributed by atoms with Crippen molar-refractivity contribution in [2.45, 2.75) is 83.1 Å². The normalized spacial score (nSPS) is 33.3. The summed E-state index contributed by atoms with van der Waals surface area (Å²) < 4.78 is 6.70. The zero-order chi connectivity index (χ0) is 25.4. The van der Waals surface area contributed by atoms with E-state index in [1.165, 1.54) is 0 Å². The van der Waals surface area contributed by atoms with Gasteiger partial charge in [-0.05, 0) is 58.1 Å². The van der Waals surface area contributed by atoms with E-state index in [-0.39, 0.29) is 36.3 Å². The van der Waals surface area contributed by atoms with E-state index < -0.39 is 29.1 Å². The fourth-order valence-corrected chi connectivity index (χ4v) is 6.53. The fourth-order valence-electron chi connectivity index (χ4n) is 6.53. The molecule has 1 spiro atoms. The second-order valence-corrected chi connectivity index (χ2v) is 10.9. The van der Waals surface area contributed by atoms with E-state index in [0.29, 0.717) is 18.7 Å². The Labute approximate surface area is 207 Å². The van der Waals surface area contributed by atoms with Gasteiger partial charge in [-0.3, -0.25) is 14.4 Å². The number of aliphatic hydroxyl groups excluding tert-OH is 1. The first-order chi connectivity index (χ1) is 16.7. The molecule has 4 rings (SSSR count). The largest absolute Gasteiger partial charge is 0.396 e. The molecule has 3 aliphatic heterocycles. The number of likely N-dealkylation sites (tertiary alicyclic amines) is 1. The first-order valence-electron chi connectivity index (χ1n) is 12.9. The summed E-state index contributed by atoms with van der Waals surface area (Å²) in [7, 11) is 0. The van der Waals surface area contributed by atoms with Crippen LogP contribution in [0.3, 0.4) is 0 Å². The van der Waals surface area contributed by atoms with E-state index in [4.69, 9.17) is 9.84 Å². The summed E-state index contributed by atoms with van der Waals surface area (Å²) in [6.07, 6.45) is 3.73. The van der Waals surface area contributed by atoms with Crippen molar-refractivity contribution < 1.29 is 24.2 Å². The van der Waals surface area contributed by atoms with Crippen molar-refractivity contribution in [2.75, 3.05) is 18.5 Å². The smallest absolute Gasteiger partial charge is 0.246 e. The van der Waals surface area contributed by atoms with E-state index in [2.05, 4.69) is 10.6 Å². The van der Waals surface area contributed by atoms with Crippen LogP contribution in [0.4, 0.5) is 5.69 Å². The molecule has 3 fully saturated rings. The molecule has 3 N–H and O–H groups in total. The number of ether oxygens (including phenoxy) is 1. The van der Waals surface area contributed by atoms with E-state index in [9.17, 15) is 14.4 Å². The van der Waals surface area contributed by atoms with Gasteiger partial charge in [0.15, 0.2) is 0 Å². The molecule has 3 aliphatic rings. The van der Waals surface area contributed by atoms with Crippen LogP contribution in [0, 0.1) is 17.8 Å². The Kier molecular flexibility index (Phi) is 7.25. The van der Waals surface area contributed by atoms with Crippen molar-refractivity contribution in [1.82, 2.24) is 10.2 Å². The van der Waals surface area contributed by atoms with Gasteiger partial charge in [0.2, 0.25) is 17.7 Å². The zero-order valence-corrected chi connectivity index (χ0v) is 21.3. The highest BCUT2D eigenvalue weighted by molar-refractivity contribution is 6.02. The molecule has 8 heteroatoms. The maximum Gasteiger partial charge on any atom is 0.246 e. The van der Waals surface area contributed by atoms with Crippen LogP contribution in [-0.4, -0.2) is 64.2 Å². The van der Waals surface area contributed by atoms with Crippen LogP contribution in [0.2, 0.25) is 0 Å². The third kappa shape index (κ3) is 4.35. The first-order valence-corrected chi connectivity index (χ1v) is 12.9. The molecule has 0 aromatic heterocycles. The van der Waals surface area contributed by atoms with Gasteiger partial charge in [0.1, 0.15) is 11.6 Å². The second kappa shape index (κ2) is 9.90. The number of hydrogen-bond acceptors (Lipinski definition) is 5. The van der Waals surface area contributed by atoms with Crippen LogP contribution in [-0.2, 0) is 19.1 Å². The summed E-state index contributed by atoms with van der Waals surface area (Å²) >= 11 is 0. The van der Waals surface area contributed by atoms with Crippen molar-refractivity contribution in [1.29, 1.82) is 0 Å². The molecule has 2 bridgehead atoms. The molecular formula is C27H39N3O5. The lowest BCUT2D eigenvalue weighted by atomic mass is 9.62. The number of para-hydroxylation sites is 1. The minimum atomic E-state index is -1.02. The number of carbonyl (C=O) groups is 3. The topological polar surface area (TPSA) is 108 Å². The number of anilines is 1. The predicted octanol–water partition coefficient (Wildman–Crippen LogP) is 2.71. The van der Waals surface area contributed by atoms with Crippen LogP contribution in [0.15, 0.2) is 30.3 Å². The number of aliphatic hydroxyl groups is 1. The molecule has 3 amide bonds. The molecule has 1 aromatic rings. The highest BCUT2D eigenvalue weighted by Gasteiger charge is 2.79. The Bertz CT molecular complexity index is 953. The Hall–Kier alpha value is -2.45. The van der Waals surface area contributed by atoms with E-state index in [1.807, 2.05) is 58.0 Å². The summed E-state index contributed by atoms with van der Waals surface area (Å²) in [6, 6.07) is 8.38. The van der Waals surface area contributed by atoms with Gasteiger partial charge in [0, 0.05) is 24.9 Å². The minimum Gasteiger partial charge on any atom is -0.396 e. The van der Waals surface area contributed by atoms with Crippen LogP contribution in [0.1, 0.15) is 59.8 Å². The summed E-state index contributed by atoms with van der Waals surface area (Å²) in [6.45, 7) is 8.35. The van der Waals surface area contributed by atoms with Crippen LogP contribution < -0.4 is 10.6 Å². The average Bonchev–Trinajstić information content (AvgIpc) is 3.30. The molecule has 0 saturated carbocycles. The molecule has 3 saturated heterocycles. The monoisotopic (exact) mass is 485 g/mol. The maximum atomic E-state index is 14.0. The third-order valence-electron chi connectivity index (χ3n) is 8.12. The van der Waals surface area contributed by atoms with Crippen molar-refractivity contribution in [3.63, 3.8) is 0 Å². The Balaban J connectivity index is 1.66. The number of nitrogens with one attached hydrogen (secondary N) is 2. The minimum absolute atomic E-state index is 0.0110. The molecule has 1 aromatic carbocycles. The van der Waals surface area contributed by atoms with Crippen molar-refractivity contribution >= 4 is 23.4 Å². The molecule has 35 heavy (non-hydrogen) atoms. The Morgan fingerprint density at radius 3 is 2.49 bits per heavy atom. The molecule has 3 heterocycles.